The average molecular weight is 351 g/mol. The summed E-state index contributed by atoms with van der Waals surface area (Å²) in [6.45, 7) is 4.20. The minimum Gasteiger partial charge on any atom is -0.340 e. The maximum atomic E-state index is 12.6. The number of amides is 4. The first-order valence-electron chi connectivity index (χ1n) is 9.38. The highest BCUT2D eigenvalue weighted by Gasteiger charge is 2.42. The second-order valence-corrected chi connectivity index (χ2v) is 7.72. The van der Waals surface area contributed by atoms with Crippen molar-refractivity contribution in [2.45, 2.75) is 83.1 Å². The van der Waals surface area contributed by atoms with Crippen molar-refractivity contribution in [3.63, 3.8) is 0 Å². The molecule has 0 aromatic rings. The van der Waals surface area contributed by atoms with Gasteiger partial charge < -0.3 is 10.6 Å². The van der Waals surface area contributed by atoms with Crippen LogP contribution in [0, 0.1) is 5.92 Å². The molecule has 4 N–H and O–H groups in total. The Morgan fingerprint density at radius 2 is 2.00 bits per heavy atom. The van der Waals surface area contributed by atoms with Gasteiger partial charge in [0.2, 0.25) is 5.91 Å². The van der Waals surface area contributed by atoms with Gasteiger partial charge in [0, 0.05) is 18.5 Å². The highest BCUT2D eigenvalue weighted by Crippen LogP contribution is 2.29. The molecule has 0 aromatic heterocycles. The molecule has 5 atom stereocenters. The molecule has 2 saturated heterocycles. The lowest BCUT2D eigenvalue weighted by atomic mass is 9.86. The fourth-order valence-corrected chi connectivity index (χ4v) is 4.08. The van der Waals surface area contributed by atoms with E-state index in [4.69, 9.17) is 0 Å². The number of carbonyl (C=O) groups excluding carboxylic acids is 3. The van der Waals surface area contributed by atoms with Gasteiger partial charge in [0.1, 0.15) is 6.04 Å². The first-order valence-corrected chi connectivity index (χ1v) is 9.38. The van der Waals surface area contributed by atoms with Crippen molar-refractivity contribution in [1.29, 1.82) is 0 Å². The molecular weight excluding hydrogens is 322 g/mol. The Bertz CT molecular complexity index is 540. The molecule has 1 saturated carbocycles. The summed E-state index contributed by atoms with van der Waals surface area (Å²) in [5.74, 6) is 0.255. The zero-order chi connectivity index (χ0) is 18.0. The third-order valence-electron chi connectivity index (χ3n) is 5.41. The Balaban J connectivity index is 1.47. The maximum Gasteiger partial charge on any atom is 0.325 e. The quantitative estimate of drug-likeness (QED) is 0.543. The molecule has 0 spiro atoms. The van der Waals surface area contributed by atoms with E-state index in [9.17, 15) is 14.4 Å². The van der Waals surface area contributed by atoms with E-state index in [1.165, 1.54) is 4.90 Å². The van der Waals surface area contributed by atoms with Crippen molar-refractivity contribution in [3.05, 3.63) is 0 Å². The smallest absolute Gasteiger partial charge is 0.325 e. The fourth-order valence-electron chi connectivity index (χ4n) is 4.08. The van der Waals surface area contributed by atoms with Crippen LogP contribution in [0.1, 0.15) is 58.8 Å². The average Bonchev–Trinajstić information content (AvgIpc) is 3.08. The molecule has 8 heteroatoms. The van der Waals surface area contributed by atoms with E-state index >= 15 is 0 Å². The number of hydrogen-bond donors (Lipinski definition) is 4. The van der Waals surface area contributed by atoms with Crippen LogP contribution in [-0.2, 0) is 9.59 Å². The van der Waals surface area contributed by atoms with Gasteiger partial charge in [-0.2, -0.15) is 0 Å². The van der Waals surface area contributed by atoms with Gasteiger partial charge in [-0.1, -0.05) is 19.8 Å². The first-order chi connectivity index (χ1) is 11.9. The van der Waals surface area contributed by atoms with E-state index in [2.05, 4.69) is 28.4 Å². The minimum absolute atomic E-state index is 0.00493. The second kappa shape index (κ2) is 7.70. The monoisotopic (exact) mass is 351 g/mol. The van der Waals surface area contributed by atoms with Crippen molar-refractivity contribution < 1.29 is 14.4 Å². The summed E-state index contributed by atoms with van der Waals surface area (Å²) >= 11 is 0. The van der Waals surface area contributed by atoms with E-state index in [0.717, 1.165) is 32.1 Å². The standard InChI is InChI=1S/C17H29N5O3/c1-10-4-3-5-12(8-10)22-16(24)13(18-17(22)25)6-7-15(23)19-14-9-11(2)20-21-14/h10-14,20-21H,3-9H2,1-2H3,(H,18,25)(H,19,23)/t10?,11?,12?,13-,14?/m0/s1. The Hall–Kier alpha value is -1.67. The Morgan fingerprint density at radius 3 is 2.68 bits per heavy atom. The molecule has 0 bridgehead atoms. The molecule has 8 nitrogen and oxygen atoms in total. The van der Waals surface area contributed by atoms with Crippen LogP contribution in [0.5, 0.6) is 0 Å². The Labute approximate surface area is 148 Å². The SMILES string of the molecule is CC1CCCC(N2C(=O)N[C@@H](CCC(=O)NC3CC(C)NN3)C2=O)C1. The van der Waals surface area contributed by atoms with Crippen molar-refractivity contribution in [3.8, 4) is 0 Å². The predicted molar refractivity (Wildman–Crippen MR) is 92.1 cm³/mol. The first kappa shape index (κ1) is 18.1. The number of rotatable bonds is 5. The molecule has 0 aromatic carbocycles. The maximum absolute atomic E-state index is 12.6. The number of urea groups is 1. The number of hydrazine groups is 1. The van der Waals surface area contributed by atoms with Crippen LogP contribution in [0.3, 0.4) is 0 Å². The van der Waals surface area contributed by atoms with Gasteiger partial charge in [-0.3, -0.25) is 19.9 Å². The second-order valence-electron chi connectivity index (χ2n) is 7.72. The van der Waals surface area contributed by atoms with Gasteiger partial charge in [0.05, 0.1) is 6.17 Å². The highest BCUT2D eigenvalue weighted by atomic mass is 16.2. The van der Waals surface area contributed by atoms with Gasteiger partial charge in [0.15, 0.2) is 0 Å². The normalized spacial score (nSPS) is 35.8. The zero-order valence-electron chi connectivity index (χ0n) is 15.0. The van der Waals surface area contributed by atoms with E-state index in [1.807, 2.05) is 6.92 Å². The van der Waals surface area contributed by atoms with Crippen LogP contribution >= 0.6 is 0 Å². The molecule has 4 amide bonds. The predicted octanol–water partition coefficient (Wildman–Crippen LogP) is 0.594. The Morgan fingerprint density at radius 1 is 1.20 bits per heavy atom. The van der Waals surface area contributed by atoms with Crippen molar-refractivity contribution >= 4 is 17.8 Å². The molecule has 1 aliphatic carbocycles. The van der Waals surface area contributed by atoms with Crippen molar-refractivity contribution in [2.75, 3.05) is 0 Å². The van der Waals surface area contributed by atoms with Crippen LogP contribution in [0.4, 0.5) is 4.79 Å². The topological polar surface area (TPSA) is 103 Å². The van der Waals surface area contributed by atoms with Gasteiger partial charge in [-0.05, 0) is 38.5 Å². The van der Waals surface area contributed by atoms with E-state index in [-0.39, 0.29) is 36.5 Å². The number of hydrogen-bond acceptors (Lipinski definition) is 5. The molecule has 2 aliphatic heterocycles. The fraction of sp³-hybridized carbons (Fsp3) is 0.824. The van der Waals surface area contributed by atoms with Crippen molar-refractivity contribution in [2.24, 2.45) is 5.92 Å². The summed E-state index contributed by atoms with van der Waals surface area (Å²) in [7, 11) is 0. The summed E-state index contributed by atoms with van der Waals surface area (Å²) in [4.78, 5) is 38.3. The summed E-state index contributed by atoms with van der Waals surface area (Å²) in [6.07, 6.45) is 5.27. The number of carbonyl (C=O) groups is 3. The van der Waals surface area contributed by atoms with Crippen LogP contribution in [0.25, 0.3) is 0 Å². The lowest BCUT2D eigenvalue weighted by Gasteiger charge is -2.32. The van der Waals surface area contributed by atoms with E-state index in [1.54, 1.807) is 0 Å². The lowest BCUT2D eigenvalue weighted by Crippen LogP contribution is -2.45. The highest BCUT2D eigenvalue weighted by molar-refractivity contribution is 6.04. The third kappa shape index (κ3) is 4.30. The molecule has 25 heavy (non-hydrogen) atoms. The van der Waals surface area contributed by atoms with Crippen LogP contribution in [0.2, 0.25) is 0 Å². The molecule has 4 unspecified atom stereocenters. The molecule has 140 valence electrons. The molecule has 3 aliphatic rings. The van der Waals surface area contributed by atoms with Crippen LogP contribution in [-0.4, -0.2) is 47.0 Å². The number of nitrogens with one attached hydrogen (secondary N) is 4. The van der Waals surface area contributed by atoms with E-state index < -0.39 is 6.04 Å². The number of nitrogens with zero attached hydrogens (tertiary/aromatic N) is 1. The molecular formula is C17H29N5O3. The third-order valence-corrected chi connectivity index (χ3v) is 5.41. The van der Waals surface area contributed by atoms with Crippen molar-refractivity contribution in [1.82, 2.24) is 26.4 Å². The minimum atomic E-state index is -0.580. The summed E-state index contributed by atoms with van der Waals surface area (Å²) in [5.41, 5.74) is 6.06. The number of imide groups is 1. The van der Waals surface area contributed by atoms with Crippen LogP contribution < -0.4 is 21.5 Å². The van der Waals surface area contributed by atoms with Gasteiger partial charge in [0.25, 0.3) is 5.91 Å². The summed E-state index contributed by atoms with van der Waals surface area (Å²) in [5, 5.41) is 5.64. The summed E-state index contributed by atoms with van der Waals surface area (Å²) in [6, 6.07) is -0.563. The van der Waals surface area contributed by atoms with Gasteiger partial charge in [-0.15, -0.1) is 0 Å². The summed E-state index contributed by atoms with van der Waals surface area (Å²) < 4.78 is 0. The molecule has 3 rings (SSSR count). The molecule has 3 fully saturated rings. The molecule has 0 radical (unpaired) electrons. The Kier molecular flexibility index (Phi) is 5.58. The van der Waals surface area contributed by atoms with Gasteiger partial charge in [-0.25, -0.2) is 10.2 Å². The van der Waals surface area contributed by atoms with Gasteiger partial charge >= 0.3 is 6.03 Å². The zero-order valence-corrected chi connectivity index (χ0v) is 15.0. The molecule has 2 heterocycles. The van der Waals surface area contributed by atoms with E-state index in [0.29, 0.717) is 18.4 Å². The largest absolute Gasteiger partial charge is 0.340 e. The lowest BCUT2D eigenvalue weighted by molar-refractivity contribution is -0.130. The van der Waals surface area contributed by atoms with Crippen LogP contribution in [0.15, 0.2) is 0 Å².